The molecule has 0 radical (unpaired) electrons. The van der Waals surface area contributed by atoms with E-state index < -0.39 is 34.3 Å². The lowest BCUT2D eigenvalue weighted by Crippen LogP contribution is -2.52. The van der Waals surface area contributed by atoms with Gasteiger partial charge >= 0.3 is 0 Å². The largest absolute Gasteiger partial charge is 0.497 e. The first-order valence-electron chi connectivity index (χ1n) is 13.7. The first-order chi connectivity index (χ1) is 19.6. The van der Waals surface area contributed by atoms with Crippen molar-refractivity contribution in [3.8, 4) is 5.75 Å². The van der Waals surface area contributed by atoms with Gasteiger partial charge in [-0.15, -0.1) is 0 Å². The molecule has 41 heavy (non-hydrogen) atoms. The highest BCUT2D eigenvalue weighted by Crippen LogP contribution is 2.26. The molecule has 0 saturated heterocycles. The van der Waals surface area contributed by atoms with E-state index in [2.05, 4.69) is 5.32 Å². The van der Waals surface area contributed by atoms with Gasteiger partial charge in [-0.1, -0.05) is 50.1 Å². The molecular weight excluding hydrogens is 545 g/mol. The SMILES string of the molecule is CCCCNC(=O)[C@@H](CC)N(Cc1cccc(OC)c1)C(=O)CN(c1ccc(C)cc1)S(=O)(=O)c1ccc(F)cc1. The number of benzene rings is 3. The molecule has 0 saturated carbocycles. The normalized spacial score (nSPS) is 11.9. The summed E-state index contributed by atoms with van der Waals surface area (Å²) in [5, 5.41) is 2.91. The summed E-state index contributed by atoms with van der Waals surface area (Å²) in [5.41, 5.74) is 1.91. The molecule has 3 rings (SSSR count). The number of nitrogens with zero attached hydrogens (tertiary/aromatic N) is 2. The molecule has 0 bridgehead atoms. The van der Waals surface area contributed by atoms with E-state index >= 15 is 0 Å². The number of aryl methyl sites for hydroxylation is 1. The molecule has 1 atom stereocenters. The average Bonchev–Trinajstić information content (AvgIpc) is 2.96. The smallest absolute Gasteiger partial charge is 0.264 e. The van der Waals surface area contributed by atoms with Crippen molar-refractivity contribution >= 4 is 27.5 Å². The first-order valence-corrected chi connectivity index (χ1v) is 15.1. The number of methoxy groups -OCH3 is 1. The van der Waals surface area contributed by atoms with Gasteiger partial charge in [-0.05, 0) is 73.9 Å². The highest BCUT2D eigenvalue weighted by atomic mass is 32.2. The number of anilines is 1. The number of hydrogen-bond acceptors (Lipinski definition) is 5. The van der Waals surface area contributed by atoms with Gasteiger partial charge < -0.3 is 15.0 Å². The zero-order valence-corrected chi connectivity index (χ0v) is 24.8. The zero-order valence-electron chi connectivity index (χ0n) is 24.0. The van der Waals surface area contributed by atoms with Crippen LogP contribution >= 0.6 is 0 Å². The second-order valence-electron chi connectivity index (χ2n) is 9.74. The fourth-order valence-corrected chi connectivity index (χ4v) is 5.78. The second kappa shape index (κ2) is 14.6. The van der Waals surface area contributed by atoms with Crippen molar-refractivity contribution in [3.05, 3.63) is 89.7 Å². The molecule has 0 aliphatic carbocycles. The molecular formula is C31H38FN3O5S. The molecule has 3 aromatic rings. The Hall–Kier alpha value is -3.92. The van der Waals surface area contributed by atoms with Crippen LogP contribution in [0.4, 0.5) is 10.1 Å². The number of amides is 2. The summed E-state index contributed by atoms with van der Waals surface area (Å²) in [7, 11) is -2.73. The Morgan fingerprint density at radius 1 is 1.00 bits per heavy atom. The van der Waals surface area contributed by atoms with E-state index in [4.69, 9.17) is 4.74 Å². The van der Waals surface area contributed by atoms with E-state index in [0.29, 0.717) is 18.7 Å². The van der Waals surface area contributed by atoms with Crippen LogP contribution in [0.1, 0.15) is 44.2 Å². The summed E-state index contributed by atoms with van der Waals surface area (Å²) < 4.78 is 47.6. The topological polar surface area (TPSA) is 96.0 Å². The third kappa shape index (κ3) is 8.29. The number of ether oxygens (including phenoxy) is 1. The van der Waals surface area contributed by atoms with E-state index in [1.165, 1.54) is 24.1 Å². The number of carbonyl (C=O) groups excluding carboxylic acids is 2. The molecule has 8 nitrogen and oxygen atoms in total. The molecule has 220 valence electrons. The molecule has 0 fully saturated rings. The molecule has 1 N–H and O–H groups in total. The lowest BCUT2D eigenvalue weighted by Gasteiger charge is -2.33. The van der Waals surface area contributed by atoms with Crippen LogP contribution < -0.4 is 14.4 Å². The number of unbranched alkanes of at least 4 members (excludes halogenated alkanes) is 1. The van der Waals surface area contributed by atoms with Gasteiger partial charge in [0.15, 0.2) is 0 Å². The molecule has 0 aromatic heterocycles. The van der Waals surface area contributed by atoms with Crippen molar-refractivity contribution < 1.29 is 27.1 Å². The van der Waals surface area contributed by atoms with Crippen LogP contribution in [0, 0.1) is 12.7 Å². The maximum Gasteiger partial charge on any atom is 0.264 e. The molecule has 0 unspecified atom stereocenters. The number of rotatable bonds is 14. The van der Waals surface area contributed by atoms with E-state index in [1.807, 2.05) is 26.8 Å². The van der Waals surface area contributed by atoms with Crippen LogP contribution in [0.5, 0.6) is 5.75 Å². The monoisotopic (exact) mass is 583 g/mol. The molecule has 10 heteroatoms. The molecule has 2 amide bonds. The van der Waals surface area contributed by atoms with Crippen LogP contribution in [-0.2, 0) is 26.2 Å². The summed E-state index contributed by atoms with van der Waals surface area (Å²) in [5.74, 6) is -0.848. The Labute approximate surface area is 242 Å². The number of hydrogen-bond donors (Lipinski definition) is 1. The summed E-state index contributed by atoms with van der Waals surface area (Å²) in [6.45, 7) is 5.67. The molecule has 0 heterocycles. The van der Waals surface area contributed by atoms with Crippen molar-refractivity contribution in [2.45, 2.75) is 57.5 Å². The molecule has 0 aliphatic rings. The average molecular weight is 584 g/mol. The first kappa shape index (κ1) is 31.6. The van der Waals surface area contributed by atoms with Gasteiger partial charge in [-0.25, -0.2) is 12.8 Å². The van der Waals surface area contributed by atoms with E-state index in [0.717, 1.165) is 40.4 Å². The van der Waals surface area contributed by atoms with E-state index in [-0.39, 0.29) is 23.0 Å². The highest BCUT2D eigenvalue weighted by molar-refractivity contribution is 7.92. The number of halogens is 1. The predicted molar refractivity (Wildman–Crippen MR) is 158 cm³/mol. The fourth-order valence-electron chi connectivity index (χ4n) is 4.37. The van der Waals surface area contributed by atoms with Gasteiger partial charge in [-0.2, -0.15) is 0 Å². The summed E-state index contributed by atoms with van der Waals surface area (Å²) in [4.78, 5) is 28.6. The van der Waals surface area contributed by atoms with Crippen molar-refractivity contribution in [1.29, 1.82) is 0 Å². The van der Waals surface area contributed by atoms with Crippen LogP contribution in [0.25, 0.3) is 0 Å². The summed E-state index contributed by atoms with van der Waals surface area (Å²) >= 11 is 0. The standard InChI is InChI=1S/C31H38FN3O5S/c1-5-7-19-33-31(37)29(6-2)34(21-24-9-8-10-27(20-24)40-4)30(36)22-35(26-15-11-23(3)12-16-26)41(38,39)28-17-13-25(32)14-18-28/h8-18,20,29H,5-7,19,21-22H2,1-4H3,(H,33,37)/t29-/m1/s1. The van der Waals surface area contributed by atoms with Crippen LogP contribution in [0.2, 0.25) is 0 Å². The number of sulfonamides is 1. The third-order valence-electron chi connectivity index (χ3n) is 6.71. The Balaban J connectivity index is 2.04. The zero-order chi connectivity index (χ0) is 30.0. The predicted octanol–water partition coefficient (Wildman–Crippen LogP) is 5.06. The minimum Gasteiger partial charge on any atom is -0.497 e. The molecule has 0 aliphatic heterocycles. The third-order valence-corrected chi connectivity index (χ3v) is 8.49. The second-order valence-corrected chi connectivity index (χ2v) is 11.6. The van der Waals surface area contributed by atoms with E-state index in [9.17, 15) is 22.4 Å². The Morgan fingerprint density at radius 3 is 2.29 bits per heavy atom. The Bertz CT molecular complexity index is 1410. The lowest BCUT2D eigenvalue weighted by molar-refractivity contribution is -0.140. The maximum absolute atomic E-state index is 14.1. The van der Waals surface area contributed by atoms with Gasteiger partial charge in [0.05, 0.1) is 17.7 Å². The number of carbonyl (C=O) groups is 2. The quantitative estimate of drug-likeness (QED) is 0.268. The van der Waals surface area contributed by atoms with Crippen LogP contribution in [-0.4, -0.2) is 51.4 Å². The van der Waals surface area contributed by atoms with Crippen molar-refractivity contribution in [3.63, 3.8) is 0 Å². The van der Waals surface area contributed by atoms with Gasteiger partial charge in [0.1, 0.15) is 24.2 Å². The highest BCUT2D eigenvalue weighted by Gasteiger charge is 2.33. The van der Waals surface area contributed by atoms with Crippen LogP contribution in [0.15, 0.2) is 77.7 Å². The maximum atomic E-state index is 14.1. The van der Waals surface area contributed by atoms with Gasteiger partial charge in [0.2, 0.25) is 11.8 Å². The fraction of sp³-hybridized carbons (Fsp3) is 0.355. The summed E-state index contributed by atoms with van der Waals surface area (Å²) in [6, 6.07) is 17.5. The number of nitrogens with one attached hydrogen (secondary N) is 1. The van der Waals surface area contributed by atoms with Crippen LogP contribution in [0.3, 0.4) is 0 Å². The molecule has 3 aromatic carbocycles. The van der Waals surface area contributed by atoms with E-state index in [1.54, 1.807) is 42.5 Å². The van der Waals surface area contributed by atoms with Gasteiger partial charge in [0, 0.05) is 13.1 Å². The Morgan fingerprint density at radius 2 is 1.68 bits per heavy atom. The van der Waals surface area contributed by atoms with Gasteiger partial charge in [0.25, 0.3) is 10.0 Å². The lowest BCUT2D eigenvalue weighted by atomic mass is 10.1. The van der Waals surface area contributed by atoms with Crippen molar-refractivity contribution in [2.75, 3.05) is 24.5 Å². The summed E-state index contributed by atoms with van der Waals surface area (Å²) in [6.07, 6.45) is 2.02. The Kier molecular flexibility index (Phi) is 11.3. The van der Waals surface area contributed by atoms with Crippen molar-refractivity contribution in [1.82, 2.24) is 10.2 Å². The minimum atomic E-state index is -4.27. The van der Waals surface area contributed by atoms with Gasteiger partial charge in [-0.3, -0.25) is 13.9 Å². The van der Waals surface area contributed by atoms with Crippen molar-refractivity contribution in [2.24, 2.45) is 0 Å². The molecule has 0 spiro atoms. The minimum absolute atomic E-state index is 0.0636.